The van der Waals surface area contributed by atoms with E-state index < -0.39 is 11.9 Å². The maximum absolute atomic E-state index is 13.7. The number of halogens is 1. The first kappa shape index (κ1) is 15.1. The summed E-state index contributed by atoms with van der Waals surface area (Å²) in [6.07, 6.45) is -0.859. The Morgan fingerprint density at radius 3 is 2.48 bits per heavy atom. The van der Waals surface area contributed by atoms with Gasteiger partial charge in [0.2, 0.25) is 0 Å². The Kier molecular flexibility index (Phi) is 5.00. The van der Waals surface area contributed by atoms with Gasteiger partial charge in [-0.2, -0.15) is 0 Å². The minimum absolute atomic E-state index is 0.0463. The van der Waals surface area contributed by atoms with Crippen molar-refractivity contribution in [3.63, 3.8) is 0 Å². The third-order valence-electron chi connectivity index (χ3n) is 2.91. The fourth-order valence-electron chi connectivity index (χ4n) is 1.72. The molecular formula is C16H18FNO3. The quantitative estimate of drug-likeness (QED) is 0.803. The highest BCUT2D eigenvalue weighted by Gasteiger charge is 2.10. The maximum Gasteiger partial charge on any atom is 0.167 e. The van der Waals surface area contributed by atoms with Crippen LogP contribution in [0.15, 0.2) is 42.5 Å². The van der Waals surface area contributed by atoms with Gasteiger partial charge in [0.15, 0.2) is 11.6 Å². The van der Waals surface area contributed by atoms with Crippen LogP contribution in [0.1, 0.15) is 5.56 Å². The third kappa shape index (κ3) is 4.36. The molecule has 2 aromatic carbocycles. The van der Waals surface area contributed by atoms with E-state index in [-0.39, 0.29) is 19.0 Å². The predicted octanol–water partition coefficient (Wildman–Crippen LogP) is 2.54. The summed E-state index contributed by atoms with van der Waals surface area (Å²) in [5.41, 5.74) is 6.70. The van der Waals surface area contributed by atoms with E-state index in [1.807, 2.05) is 0 Å². The lowest BCUT2D eigenvalue weighted by Crippen LogP contribution is -2.25. The lowest BCUT2D eigenvalue weighted by Gasteiger charge is -2.14. The molecule has 5 heteroatoms. The van der Waals surface area contributed by atoms with Gasteiger partial charge in [-0.05, 0) is 42.8 Å². The lowest BCUT2D eigenvalue weighted by atomic mass is 10.2. The normalized spacial score (nSPS) is 12.0. The number of hydrogen-bond donors (Lipinski definition) is 2. The molecule has 2 rings (SSSR count). The first-order valence-corrected chi connectivity index (χ1v) is 6.60. The third-order valence-corrected chi connectivity index (χ3v) is 2.91. The van der Waals surface area contributed by atoms with E-state index in [1.54, 1.807) is 43.3 Å². The molecule has 0 spiro atoms. The molecule has 0 aliphatic carbocycles. The predicted molar refractivity (Wildman–Crippen MR) is 79.0 cm³/mol. The van der Waals surface area contributed by atoms with Gasteiger partial charge >= 0.3 is 0 Å². The van der Waals surface area contributed by atoms with Crippen LogP contribution >= 0.6 is 0 Å². The molecule has 0 saturated heterocycles. The van der Waals surface area contributed by atoms with E-state index in [0.29, 0.717) is 17.0 Å². The molecule has 0 heterocycles. The van der Waals surface area contributed by atoms with Crippen molar-refractivity contribution < 1.29 is 19.0 Å². The molecule has 4 nitrogen and oxygen atoms in total. The van der Waals surface area contributed by atoms with Crippen molar-refractivity contribution in [3.8, 4) is 11.5 Å². The largest absolute Gasteiger partial charge is 0.491 e. The van der Waals surface area contributed by atoms with E-state index >= 15 is 0 Å². The molecule has 3 N–H and O–H groups in total. The molecular weight excluding hydrogens is 273 g/mol. The number of anilines is 1. The standard InChI is InChI=1S/C16H18FNO3/c1-11-3-2-4-15(16(11)17)21-10-13(19)9-20-14-7-5-12(18)6-8-14/h2-8,13,19H,9-10,18H2,1H3. The van der Waals surface area contributed by atoms with Crippen LogP contribution in [0.3, 0.4) is 0 Å². The lowest BCUT2D eigenvalue weighted by molar-refractivity contribution is 0.0612. The minimum Gasteiger partial charge on any atom is -0.491 e. The molecule has 0 saturated carbocycles. The van der Waals surface area contributed by atoms with Crippen LogP contribution in [0.2, 0.25) is 0 Å². The van der Waals surface area contributed by atoms with Gasteiger partial charge < -0.3 is 20.3 Å². The molecule has 21 heavy (non-hydrogen) atoms. The molecule has 112 valence electrons. The minimum atomic E-state index is -0.859. The average molecular weight is 291 g/mol. The summed E-state index contributed by atoms with van der Waals surface area (Å²) in [4.78, 5) is 0. The van der Waals surface area contributed by atoms with E-state index in [2.05, 4.69) is 0 Å². The molecule has 0 fully saturated rings. The zero-order valence-corrected chi connectivity index (χ0v) is 11.8. The van der Waals surface area contributed by atoms with E-state index in [9.17, 15) is 9.50 Å². The number of nitrogens with two attached hydrogens (primary N) is 1. The molecule has 1 atom stereocenters. The number of aryl methyl sites for hydroxylation is 1. The highest BCUT2D eigenvalue weighted by atomic mass is 19.1. The summed E-state index contributed by atoms with van der Waals surface area (Å²) < 4.78 is 24.3. The second-order valence-electron chi connectivity index (χ2n) is 4.73. The second-order valence-corrected chi connectivity index (χ2v) is 4.73. The summed E-state index contributed by atoms with van der Waals surface area (Å²) >= 11 is 0. The molecule has 0 aliphatic rings. The van der Waals surface area contributed by atoms with E-state index in [1.165, 1.54) is 6.07 Å². The number of nitrogen functional groups attached to an aromatic ring is 1. The summed E-state index contributed by atoms with van der Waals surface area (Å²) in [6, 6.07) is 11.7. The molecule has 2 aromatic rings. The molecule has 0 aliphatic heterocycles. The van der Waals surface area contributed by atoms with Gasteiger partial charge in [0, 0.05) is 5.69 Å². The van der Waals surface area contributed by atoms with Crippen molar-refractivity contribution in [1.29, 1.82) is 0 Å². The SMILES string of the molecule is Cc1cccc(OCC(O)COc2ccc(N)cc2)c1F. The number of aliphatic hydroxyl groups is 1. The first-order chi connectivity index (χ1) is 10.1. The zero-order valence-electron chi connectivity index (χ0n) is 11.8. The van der Waals surface area contributed by atoms with Gasteiger partial charge in [-0.15, -0.1) is 0 Å². The van der Waals surface area contributed by atoms with Crippen LogP contribution in [-0.2, 0) is 0 Å². The number of aliphatic hydroxyl groups excluding tert-OH is 1. The van der Waals surface area contributed by atoms with Crippen molar-refractivity contribution in [2.24, 2.45) is 0 Å². The van der Waals surface area contributed by atoms with Gasteiger partial charge in [-0.1, -0.05) is 12.1 Å². The van der Waals surface area contributed by atoms with Crippen LogP contribution in [-0.4, -0.2) is 24.4 Å². The Morgan fingerprint density at radius 1 is 1.10 bits per heavy atom. The average Bonchev–Trinajstić information content (AvgIpc) is 2.48. The highest BCUT2D eigenvalue weighted by molar-refractivity contribution is 5.41. The van der Waals surface area contributed by atoms with Crippen LogP contribution in [0.5, 0.6) is 11.5 Å². The van der Waals surface area contributed by atoms with Gasteiger partial charge in [0.1, 0.15) is 25.1 Å². The topological polar surface area (TPSA) is 64.7 Å². The molecule has 1 unspecified atom stereocenters. The molecule has 0 bridgehead atoms. The van der Waals surface area contributed by atoms with Crippen molar-refractivity contribution >= 4 is 5.69 Å². The monoisotopic (exact) mass is 291 g/mol. The van der Waals surface area contributed by atoms with Crippen molar-refractivity contribution in [2.45, 2.75) is 13.0 Å². The summed E-state index contributed by atoms with van der Waals surface area (Å²) in [5, 5.41) is 9.79. The summed E-state index contributed by atoms with van der Waals surface area (Å²) in [7, 11) is 0. The number of benzene rings is 2. The van der Waals surface area contributed by atoms with Crippen molar-refractivity contribution in [3.05, 3.63) is 53.8 Å². The fraction of sp³-hybridized carbons (Fsp3) is 0.250. The Morgan fingerprint density at radius 2 is 1.76 bits per heavy atom. The van der Waals surface area contributed by atoms with Gasteiger partial charge in [0.05, 0.1) is 0 Å². The van der Waals surface area contributed by atoms with Gasteiger partial charge in [-0.25, -0.2) is 4.39 Å². The molecule has 0 radical (unpaired) electrons. The smallest absolute Gasteiger partial charge is 0.167 e. The van der Waals surface area contributed by atoms with Crippen LogP contribution in [0.4, 0.5) is 10.1 Å². The Bertz CT molecular complexity index is 587. The van der Waals surface area contributed by atoms with Crippen LogP contribution in [0, 0.1) is 12.7 Å². The zero-order chi connectivity index (χ0) is 15.2. The van der Waals surface area contributed by atoms with Crippen LogP contribution < -0.4 is 15.2 Å². The second kappa shape index (κ2) is 6.95. The summed E-state index contributed by atoms with van der Waals surface area (Å²) in [6.45, 7) is 1.66. The highest BCUT2D eigenvalue weighted by Crippen LogP contribution is 2.20. The number of hydrogen-bond acceptors (Lipinski definition) is 4. The fourth-order valence-corrected chi connectivity index (χ4v) is 1.72. The summed E-state index contributed by atoms with van der Waals surface area (Å²) in [5.74, 6) is 0.315. The van der Waals surface area contributed by atoms with Crippen LogP contribution in [0.25, 0.3) is 0 Å². The Labute approximate surface area is 122 Å². The van der Waals surface area contributed by atoms with Crippen molar-refractivity contribution in [1.82, 2.24) is 0 Å². The number of ether oxygens (including phenoxy) is 2. The van der Waals surface area contributed by atoms with E-state index in [0.717, 1.165) is 0 Å². The van der Waals surface area contributed by atoms with Gasteiger partial charge in [0.25, 0.3) is 0 Å². The van der Waals surface area contributed by atoms with Gasteiger partial charge in [-0.3, -0.25) is 0 Å². The number of rotatable bonds is 6. The Hall–Kier alpha value is -2.27. The molecule has 0 amide bonds. The maximum atomic E-state index is 13.7. The van der Waals surface area contributed by atoms with E-state index in [4.69, 9.17) is 15.2 Å². The first-order valence-electron chi connectivity index (χ1n) is 6.60. The molecule has 0 aromatic heterocycles. The van der Waals surface area contributed by atoms with Crippen molar-refractivity contribution in [2.75, 3.05) is 18.9 Å². The Balaban J connectivity index is 1.80.